The van der Waals surface area contributed by atoms with E-state index < -0.39 is 15.0 Å². The van der Waals surface area contributed by atoms with Gasteiger partial charge in [-0.05, 0) is 6.92 Å². The molecule has 0 bridgehead atoms. The van der Waals surface area contributed by atoms with Crippen LogP contribution in [0.4, 0.5) is 0 Å². The maximum atomic E-state index is 11.6. The van der Waals surface area contributed by atoms with E-state index >= 15 is 0 Å². The quantitative estimate of drug-likeness (QED) is 0.404. The smallest absolute Gasteiger partial charge is 0.374 e. The monoisotopic (exact) mass is 326 g/mol. The Labute approximate surface area is 121 Å². The SMILES string of the molecule is COCCOCCOC(=O)c1cc(S(=O)(=O)Cl)c(C)o1. The highest BCUT2D eigenvalue weighted by Gasteiger charge is 2.22. The van der Waals surface area contributed by atoms with E-state index in [9.17, 15) is 13.2 Å². The minimum Gasteiger partial charge on any atom is -0.457 e. The summed E-state index contributed by atoms with van der Waals surface area (Å²) in [7, 11) is 2.78. The standard InChI is InChI=1S/C11H15ClO7S/c1-8-10(20(12,14)15)7-9(19-8)11(13)18-6-5-17-4-3-16-2/h7H,3-6H2,1-2H3. The van der Waals surface area contributed by atoms with Crippen LogP contribution in [0.2, 0.25) is 0 Å². The molecular weight excluding hydrogens is 312 g/mol. The minimum atomic E-state index is -3.95. The van der Waals surface area contributed by atoms with Gasteiger partial charge in [-0.25, -0.2) is 13.2 Å². The van der Waals surface area contributed by atoms with E-state index in [4.69, 9.17) is 29.3 Å². The molecule has 0 aliphatic carbocycles. The van der Waals surface area contributed by atoms with Gasteiger partial charge in [0.05, 0.1) is 19.8 Å². The molecule has 0 fully saturated rings. The topological polar surface area (TPSA) is 92.0 Å². The van der Waals surface area contributed by atoms with Crippen molar-refractivity contribution in [3.63, 3.8) is 0 Å². The van der Waals surface area contributed by atoms with Crippen molar-refractivity contribution in [1.82, 2.24) is 0 Å². The molecule has 0 aromatic carbocycles. The number of halogens is 1. The molecule has 114 valence electrons. The summed E-state index contributed by atoms with van der Waals surface area (Å²) in [6, 6.07) is 1.03. The van der Waals surface area contributed by atoms with Crippen LogP contribution in [-0.4, -0.2) is 47.9 Å². The molecule has 0 atom stereocenters. The van der Waals surface area contributed by atoms with Gasteiger partial charge in [-0.2, -0.15) is 0 Å². The van der Waals surface area contributed by atoms with Gasteiger partial charge in [0.15, 0.2) is 0 Å². The van der Waals surface area contributed by atoms with Crippen LogP contribution in [0.15, 0.2) is 15.4 Å². The highest BCUT2D eigenvalue weighted by molar-refractivity contribution is 8.13. The number of rotatable bonds is 8. The third-order valence-electron chi connectivity index (χ3n) is 2.23. The molecule has 1 aromatic heterocycles. The Kier molecular flexibility index (Phi) is 6.47. The number of ether oxygens (including phenoxy) is 3. The first-order valence-corrected chi connectivity index (χ1v) is 7.96. The average Bonchev–Trinajstić information content (AvgIpc) is 2.75. The van der Waals surface area contributed by atoms with E-state index in [1.807, 2.05) is 0 Å². The number of esters is 1. The van der Waals surface area contributed by atoms with Crippen LogP contribution in [0.3, 0.4) is 0 Å². The minimum absolute atomic E-state index is 0.0191. The Morgan fingerprint density at radius 2 is 1.95 bits per heavy atom. The molecular formula is C11H15ClO7S. The summed E-state index contributed by atoms with van der Waals surface area (Å²) in [5, 5.41) is 0. The van der Waals surface area contributed by atoms with Crippen molar-refractivity contribution >= 4 is 25.7 Å². The molecule has 0 aliphatic heterocycles. The van der Waals surface area contributed by atoms with Gasteiger partial charge in [-0.1, -0.05) is 0 Å². The van der Waals surface area contributed by atoms with Crippen molar-refractivity contribution in [1.29, 1.82) is 0 Å². The lowest BCUT2D eigenvalue weighted by Gasteiger charge is -2.04. The fourth-order valence-corrected chi connectivity index (χ4v) is 2.41. The average molecular weight is 327 g/mol. The molecule has 1 heterocycles. The summed E-state index contributed by atoms with van der Waals surface area (Å²) in [6.07, 6.45) is 0. The molecule has 0 N–H and O–H groups in total. The summed E-state index contributed by atoms with van der Waals surface area (Å²) in [5.41, 5.74) is 0. The predicted octanol–water partition coefficient (Wildman–Crippen LogP) is 1.34. The molecule has 20 heavy (non-hydrogen) atoms. The zero-order valence-electron chi connectivity index (χ0n) is 11.0. The molecule has 9 heteroatoms. The highest BCUT2D eigenvalue weighted by Crippen LogP contribution is 2.23. The molecule has 1 aromatic rings. The van der Waals surface area contributed by atoms with Gasteiger partial charge >= 0.3 is 5.97 Å². The van der Waals surface area contributed by atoms with Crippen LogP contribution in [0.5, 0.6) is 0 Å². The van der Waals surface area contributed by atoms with Gasteiger partial charge in [-0.15, -0.1) is 0 Å². The van der Waals surface area contributed by atoms with Crippen molar-refractivity contribution in [3.05, 3.63) is 17.6 Å². The largest absolute Gasteiger partial charge is 0.457 e. The molecule has 0 saturated carbocycles. The number of methoxy groups -OCH3 is 1. The normalized spacial score (nSPS) is 11.6. The van der Waals surface area contributed by atoms with E-state index in [1.165, 1.54) is 6.92 Å². The summed E-state index contributed by atoms with van der Waals surface area (Å²) in [5.74, 6) is -0.975. The van der Waals surface area contributed by atoms with Crippen LogP contribution < -0.4 is 0 Å². The third-order valence-corrected chi connectivity index (χ3v) is 3.66. The third kappa shape index (κ3) is 5.12. The molecule has 0 amide bonds. The second kappa shape index (κ2) is 7.63. The Morgan fingerprint density at radius 1 is 1.30 bits per heavy atom. The fourth-order valence-electron chi connectivity index (χ4n) is 1.32. The van der Waals surface area contributed by atoms with Crippen molar-refractivity contribution in [3.8, 4) is 0 Å². The molecule has 1 rings (SSSR count). The lowest BCUT2D eigenvalue weighted by atomic mass is 10.4. The van der Waals surface area contributed by atoms with Crippen molar-refractivity contribution < 1.29 is 31.8 Å². The Bertz CT molecular complexity index is 549. The molecule has 0 unspecified atom stereocenters. The summed E-state index contributed by atoms with van der Waals surface area (Å²) >= 11 is 0. The summed E-state index contributed by atoms with van der Waals surface area (Å²) in [4.78, 5) is 11.3. The first kappa shape index (κ1) is 17.0. The maximum absolute atomic E-state index is 11.6. The zero-order chi connectivity index (χ0) is 15.2. The first-order chi connectivity index (χ1) is 9.36. The molecule has 0 radical (unpaired) electrons. The van der Waals surface area contributed by atoms with Gasteiger partial charge in [0, 0.05) is 23.9 Å². The predicted molar refractivity (Wildman–Crippen MR) is 69.5 cm³/mol. The molecule has 0 saturated heterocycles. The number of aryl methyl sites for hydroxylation is 1. The second-order valence-corrected chi connectivity index (χ2v) is 6.24. The van der Waals surface area contributed by atoms with E-state index in [0.717, 1.165) is 6.07 Å². The van der Waals surface area contributed by atoms with E-state index in [2.05, 4.69) is 0 Å². The van der Waals surface area contributed by atoms with Crippen molar-refractivity contribution in [2.75, 3.05) is 33.5 Å². The molecule has 0 aliphatic rings. The van der Waals surface area contributed by atoms with Crippen LogP contribution in [0, 0.1) is 6.92 Å². The fraction of sp³-hybridized carbons (Fsp3) is 0.545. The number of hydrogen-bond acceptors (Lipinski definition) is 7. The van der Waals surface area contributed by atoms with E-state index in [1.54, 1.807) is 7.11 Å². The highest BCUT2D eigenvalue weighted by atomic mass is 35.7. The van der Waals surface area contributed by atoms with Crippen LogP contribution in [-0.2, 0) is 23.3 Å². The number of hydrogen-bond donors (Lipinski definition) is 0. The summed E-state index contributed by atoms with van der Waals surface area (Å²) < 4.78 is 42.1. The molecule has 7 nitrogen and oxygen atoms in total. The van der Waals surface area contributed by atoms with Crippen LogP contribution in [0.25, 0.3) is 0 Å². The van der Waals surface area contributed by atoms with Crippen molar-refractivity contribution in [2.45, 2.75) is 11.8 Å². The lowest BCUT2D eigenvalue weighted by Crippen LogP contribution is -2.12. The summed E-state index contributed by atoms with van der Waals surface area (Å²) in [6.45, 7) is 2.45. The zero-order valence-corrected chi connectivity index (χ0v) is 12.6. The Morgan fingerprint density at radius 3 is 2.50 bits per heavy atom. The Balaban J connectivity index is 2.49. The molecule has 0 spiro atoms. The maximum Gasteiger partial charge on any atom is 0.374 e. The van der Waals surface area contributed by atoms with Gasteiger partial charge < -0.3 is 18.6 Å². The Hall–Kier alpha value is -1.09. The van der Waals surface area contributed by atoms with Crippen LogP contribution >= 0.6 is 10.7 Å². The lowest BCUT2D eigenvalue weighted by molar-refractivity contribution is 0.0190. The van der Waals surface area contributed by atoms with E-state index in [-0.39, 0.29) is 29.6 Å². The number of furan rings is 1. The van der Waals surface area contributed by atoms with Gasteiger partial charge in [0.2, 0.25) is 5.76 Å². The number of carbonyl (C=O) groups is 1. The van der Waals surface area contributed by atoms with Gasteiger partial charge in [0.25, 0.3) is 9.05 Å². The first-order valence-electron chi connectivity index (χ1n) is 5.65. The van der Waals surface area contributed by atoms with Gasteiger partial charge in [0.1, 0.15) is 17.3 Å². The number of carbonyl (C=O) groups excluding carboxylic acids is 1. The van der Waals surface area contributed by atoms with Gasteiger partial charge in [-0.3, -0.25) is 0 Å². The van der Waals surface area contributed by atoms with Crippen molar-refractivity contribution in [2.24, 2.45) is 0 Å². The second-order valence-electron chi connectivity index (χ2n) is 3.71. The van der Waals surface area contributed by atoms with E-state index in [0.29, 0.717) is 13.2 Å². The van der Waals surface area contributed by atoms with Crippen LogP contribution in [0.1, 0.15) is 16.3 Å².